The van der Waals surface area contributed by atoms with E-state index in [0.29, 0.717) is 0 Å². The zero-order valence-corrected chi connectivity index (χ0v) is 27.4. The number of aromatic nitrogens is 5. The Morgan fingerprint density at radius 3 is 2.04 bits per heavy atom. The van der Waals surface area contributed by atoms with Crippen LogP contribution in [-0.4, -0.2) is 24.1 Å². The van der Waals surface area contributed by atoms with Crippen LogP contribution >= 0.6 is 0 Å². The number of hydrogen-bond donors (Lipinski definition) is 1. The highest BCUT2D eigenvalue weighted by molar-refractivity contribution is 6.07. The number of benzene rings is 4. The quantitative estimate of drug-likeness (QED) is 0.195. The first kappa shape index (κ1) is 29.4. The molecule has 238 valence electrons. The van der Waals surface area contributed by atoms with Crippen LogP contribution in [0.5, 0.6) is 0 Å². The highest BCUT2D eigenvalue weighted by Gasteiger charge is 2.16. The van der Waals surface area contributed by atoms with Crippen LogP contribution < -0.4 is 5.73 Å². The van der Waals surface area contributed by atoms with E-state index < -0.39 is 0 Å². The molecule has 5 aromatic heterocycles. The third-order valence-corrected chi connectivity index (χ3v) is 9.47. The lowest BCUT2D eigenvalue weighted by Gasteiger charge is -2.14. The number of pyridine rings is 3. The van der Waals surface area contributed by atoms with E-state index >= 15 is 0 Å². The molecule has 2 N–H and O–H groups in total. The zero-order chi connectivity index (χ0) is 33.6. The summed E-state index contributed by atoms with van der Waals surface area (Å²) in [5.74, 6) is 0. The van der Waals surface area contributed by atoms with Crippen LogP contribution in [0.25, 0.3) is 84.1 Å². The molecule has 0 bridgehead atoms. The Balaban J connectivity index is 1.18. The Bertz CT molecular complexity index is 2660. The number of nitrogens with zero attached hydrogens (tertiary/aromatic N) is 5. The lowest BCUT2D eigenvalue weighted by molar-refractivity contribution is 1.09. The summed E-state index contributed by atoms with van der Waals surface area (Å²) in [5.41, 5.74) is 19.1. The van der Waals surface area contributed by atoms with E-state index in [2.05, 4.69) is 136 Å². The summed E-state index contributed by atoms with van der Waals surface area (Å²) < 4.78 is 4.50. The molecule has 4 aromatic carbocycles. The number of nitrogens with two attached hydrogens (primary N) is 1. The van der Waals surface area contributed by atoms with Crippen LogP contribution in [-0.2, 0) is 0 Å². The minimum Gasteiger partial charge on any atom is -0.405 e. The maximum absolute atomic E-state index is 5.93. The van der Waals surface area contributed by atoms with Crippen molar-refractivity contribution in [3.05, 3.63) is 169 Å². The van der Waals surface area contributed by atoms with Gasteiger partial charge in [0, 0.05) is 45.5 Å². The molecule has 0 saturated carbocycles. The fourth-order valence-electron chi connectivity index (χ4n) is 7.15. The van der Waals surface area contributed by atoms with Gasteiger partial charge in [0.2, 0.25) is 0 Å². The standard InChI is InChI=1S/C44H32N6/c1-29-35-12-2-4-16-42(35)49(41(29)22-23-45)34-11-8-10-31(26-34)39-27-32(28-40(48-39)38-15-6-7-24-46-38)30-18-20-33(21-19-30)50-43-17-5-3-13-36(43)37-14-9-25-47-44(37)50/h2-28H,45H2,1H3/b23-22-. The van der Waals surface area contributed by atoms with Gasteiger partial charge in [-0.1, -0.05) is 66.7 Å². The molecule has 9 aromatic rings. The molecule has 0 atom stereocenters. The van der Waals surface area contributed by atoms with Crippen molar-refractivity contribution < 1.29 is 0 Å². The number of hydrogen-bond acceptors (Lipinski definition) is 4. The highest BCUT2D eigenvalue weighted by atomic mass is 15.0. The van der Waals surface area contributed by atoms with E-state index in [9.17, 15) is 0 Å². The van der Waals surface area contributed by atoms with Gasteiger partial charge >= 0.3 is 0 Å². The van der Waals surface area contributed by atoms with Crippen molar-refractivity contribution in [1.29, 1.82) is 0 Å². The van der Waals surface area contributed by atoms with Gasteiger partial charge in [-0.3, -0.25) is 9.55 Å². The van der Waals surface area contributed by atoms with Crippen LogP contribution in [0.1, 0.15) is 11.3 Å². The Kier molecular flexibility index (Phi) is 7.06. The maximum atomic E-state index is 5.93. The van der Waals surface area contributed by atoms with Gasteiger partial charge in [-0.15, -0.1) is 0 Å². The Hall–Kier alpha value is -6.79. The summed E-state index contributed by atoms with van der Waals surface area (Å²) in [6, 6.07) is 48.5. The van der Waals surface area contributed by atoms with Gasteiger partial charge in [0.15, 0.2) is 0 Å². The summed E-state index contributed by atoms with van der Waals surface area (Å²) in [4.78, 5) is 14.6. The first-order valence-corrected chi connectivity index (χ1v) is 16.7. The first-order valence-electron chi connectivity index (χ1n) is 16.7. The predicted molar refractivity (Wildman–Crippen MR) is 205 cm³/mol. The predicted octanol–water partition coefficient (Wildman–Crippen LogP) is 10.2. The molecule has 0 unspecified atom stereocenters. The van der Waals surface area contributed by atoms with Crippen LogP contribution in [0, 0.1) is 6.92 Å². The lowest BCUT2D eigenvalue weighted by atomic mass is 10.0. The van der Waals surface area contributed by atoms with E-state index in [0.717, 1.165) is 72.9 Å². The lowest BCUT2D eigenvalue weighted by Crippen LogP contribution is -1.99. The summed E-state index contributed by atoms with van der Waals surface area (Å²) >= 11 is 0. The van der Waals surface area contributed by atoms with Crippen LogP contribution in [0.15, 0.2) is 158 Å². The fraction of sp³-hybridized carbons (Fsp3) is 0.0227. The molecule has 0 fully saturated rings. The summed E-state index contributed by atoms with van der Waals surface area (Å²) in [6.07, 6.45) is 7.24. The number of aryl methyl sites for hydroxylation is 1. The molecule has 0 aliphatic rings. The minimum atomic E-state index is 0.813. The third kappa shape index (κ3) is 4.85. The zero-order valence-electron chi connectivity index (χ0n) is 27.4. The molecule has 0 radical (unpaired) electrons. The molecule has 0 aliphatic carbocycles. The molecule has 6 heteroatoms. The van der Waals surface area contributed by atoms with Gasteiger partial charge in [0.05, 0.1) is 33.8 Å². The molecule has 0 aliphatic heterocycles. The Morgan fingerprint density at radius 2 is 1.24 bits per heavy atom. The fourth-order valence-corrected chi connectivity index (χ4v) is 7.15. The molecule has 50 heavy (non-hydrogen) atoms. The molecular formula is C44H32N6. The van der Waals surface area contributed by atoms with Gasteiger partial charge in [0.1, 0.15) is 5.65 Å². The number of rotatable bonds is 6. The second-order valence-corrected chi connectivity index (χ2v) is 12.4. The molecule has 0 saturated heterocycles. The van der Waals surface area contributed by atoms with E-state index in [1.54, 1.807) is 6.20 Å². The Labute approximate surface area is 289 Å². The van der Waals surface area contributed by atoms with E-state index in [1.165, 1.54) is 16.3 Å². The molecule has 6 nitrogen and oxygen atoms in total. The van der Waals surface area contributed by atoms with Gasteiger partial charge in [-0.25, -0.2) is 9.97 Å². The van der Waals surface area contributed by atoms with E-state index in [4.69, 9.17) is 15.7 Å². The third-order valence-electron chi connectivity index (χ3n) is 9.47. The first-order chi connectivity index (χ1) is 24.7. The minimum absolute atomic E-state index is 0.813. The van der Waals surface area contributed by atoms with Crippen LogP contribution in [0.3, 0.4) is 0 Å². The van der Waals surface area contributed by atoms with Gasteiger partial charge < -0.3 is 10.3 Å². The van der Waals surface area contributed by atoms with E-state index in [-0.39, 0.29) is 0 Å². The summed E-state index contributed by atoms with van der Waals surface area (Å²) in [7, 11) is 0. The van der Waals surface area contributed by atoms with Crippen molar-refractivity contribution in [2.75, 3.05) is 0 Å². The van der Waals surface area contributed by atoms with Gasteiger partial charge in [-0.05, 0) is 109 Å². The van der Waals surface area contributed by atoms with E-state index in [1.807, 2.05) is 42.7 Å². The average Bonchev–Trinajstić information content (AvgIpc) is 3.67. The number of fused-ring (bicyclic) bond motifs is 4. The largest absolute Gasteiger partial charge is 0.405 e. The van der Waals surface area contributed by atoms with Crippen molar-refractivity contribution in [3.63, 3.8) is 0 Å². The van der Waals surface area contributed by atoms with Crippen LogP contribution in [0.2, 0.25) is 0 Å². The smallest absolute Gasteiger partial charge is 0.145 e. The second-order valence-electron chi connectivity index (χ2n) is 12.4. The Morgan fingerprint density at radius 1 is 0.520 bits per heavy atom. The molecule has 5 heterocycles. The normalized spacial score (nSPS) is 11.7. The van der Waals surface area contributed by atoms with Crippen molar-refractivity contribution in [2.45, 2.75) is 6.92 Å². The average molecular weight is 645 g/mol. The monoisotopic (exact) mass is 644 g/mol. The summed E-state index contributed by atoms with van der Waals surface area (Å²) in [5, 5.41) is 3.53. The second kappa shape index (κ2) is 12.0. The van der Waals surface area contributed by atoms with Crippen molar-refractivity contribution >= 4 is 38.9 Å². The van der Waals surface area contributed by atoms with Gasteiger partial charge in [-0.2, -0.15) is 0 Å². The van der Waals surface area contributed by atoms with Crippen LogP contribution in [0.4, 0.5) is 0 Å². The van der Waals surface area contributed by atoms with Gasteiger partial charge in [0.25, 0.3) is 0 Å². The van der Waals surface area contributed by atoms with Crippen molar-refractivity contribution in [2.24, 2.45) is 5.73 Å². The highest BCUT2D eigenvalue weighted by Crippen LogP contribution is 2.35. The molecule has 0 spiro atoms. The maximum Gasteiger partial charge on any atom is 0.145 e. The summed E-state index contributed by atoms with van der Waals surface area (Å²) in [6.45, 7) is 2.14. The topological polar surface area (TPSA) is 74.5 Å². The SMILES string of the molecule is Cc1c(/C=C\N)n(-c2cccc(-c3cc(-c4ccc(-n5c6ccccc6c6cccnc65)cc4)cc(-c4ccccn4)n3)c2)c2ccccc12. The van der Waals surface area contributed by atoms with Crippen molar-refractivity contribution in [3.8, 4) is 45.1 Å². The molecular weight excluding hydrogens is 613 g/mol. The number of para-hydroxylation sites is 2. The molecule has 0 amide bonds. The molecule has 9 rings (SSSR count). The van der Waals surface area contributed by atoms with Crippen molar-refractivity contribution in [1.82, 2.24) is 24.1 Å².